The number of nitrogen functional groups attached to an aromatic ring is 1. The average Bonchev–Trinajstić information content (AvgIpc) is 3.00. The largest absolute Gasteiger partial charge is 1.00 e. The van der Waals surface area contributed by atoms with Gasteiger partial charge in [0.1, 0.15) is 24.2 Å². The topological polar surface area (TPSA) is 172 Å². The Morgan fingerprint density at radius 3 is 2.79 bits per heavy atom. The summed E-state index contributed by atoms with van der Waals surface area (Å²) >= 11 is 0. The van der Waals surface area contributed by atoms with Gasteiger partial charge >= 0.3 is 37.7 Å². The summed E-state index contributed by atoms with van der Waals surface area (Å²) in [5, 5.41) is 9.89. The summed E-state index contributed by atoms with van der Waals surface area (Å²) in [6.45, 7) is -0.550. The van der Waals surface area contributed by atoms with E-state index in [-0.39, 0.29) is 50.0 Å². The van der Waals surface area contributed by atoms with E-state index in [0.717, 1.165) is 0 Å². The van der Waals surface area contributed by atoms with E-state index in [1.807, 2.05) is 0 Å². The van der Waals surface area contributed by atoms with E-state index < -0.39 is 32.9 Å². The second-order valence-electron chi connectivity index (χ2n) is 4.76. The molecule has 0 aromatic carbocycles. The molecule has 11 nitrogen and oxygen atoms in total. The van der Waals surface area contributed by atoms with Crippen molar-refractivity contribution < 1.29 is 66.4 Å². The summed E-state index contributed by atoms with van der Waals surface area (Å²) in [4.78, 5) is 32.9. The van der Waals surface area contributed by atoms with Crippen LogP contribution in [-0.4, -0.2) is 43.4 Å². The molecule has 0 bridgehead atoms. The van der Waals surface area contributed by atoms with Crippen molar-refractivity contribution in [3.05, 3.63) is 12.7 Å². The summed E-state index contributed by atoms with van der Waals surface area (Å²) in [5.41, 5.74) is 6.49. The maximum atomic E-state index is 10.5. The second-order valence-corrected chi connectivity index (χ2v) is 5.91. The maximum absolute atomic E-state index is 10.5. The summed E-state index contributed by atoms with van der Waals surface area (Å²) in [6, 6.07) is 0. The first-order valence-corrected chi connectivity index (χ1v) is 7.74. The van der Waals surface area contributed by atoms with Gasteiger partial charge in [0, 0.05) is 6.42 Å². The number of phosphoric ester groups is 1. The van der Waals surface area contributed by atoms with Crippen LogP contribution in [0.3, 0.4) is 0 Å². The number of nitrogens with zero attached hydrogens (tertiary/aromatic N) is 4. The minimum Gasteiger partial charge on any atom is -0.790 e. The molecule has 0 saturated carbocycles. The molecule has 24 heavy (non-hydrogen) atoms. The smallest absolute Gasteiger partial charge is 0.790 e. The molecule has 0 amide bonds. The van der Waals surface area contributed by atoms with Gasteiger partial charge in [-0.15, -0.1) is 0 Å². The van der Waals surface area contributed by atoms with Crippen LogP contribution in [0, 0.1) is 0 Å². The number of ether oxygens (including phenoxy) is 1. The predicted molar refractivity (Wildman–Crippen MR) is 67.8 cm³/mol. The van der Waals surface area contributed by atoms with Crippen molar-refractivity contribution in [1.82, 2.24) is 19.5 Å². The van der Waals surface area contributed by atoms with E-state index >= 15 is 0 Å². The van der Waals surface area contributed by atoms with Crippen LogP contribution >= 0.6 is 7.82 Å². The third kappa shape index (κ3) is 4.60. The van der Waals surface area contributed by atoms with Crippen LogP contribution < -0.4 is 53.2 Å². The first-order valence-electron chi connectivity index (χ1n) is 6.28. The fourth-order valence-corrected chi connectivity index (χ4v) is 2.61. The number of imidazole rings is 1. The molecule has 0 aliphatic carbocycles. The van der Waals surface area contributed by atoms with Crippen molar-refractivity contribution in [2.24, 2.45) is 0 Å². The Balaban J connectivity index is 0.00000144. The normalized spacial score (nSPS) is 23.7. The maximum Gasteiger partial charge on any atom is 1.00 e. The first kappa shape index (κ1) is 21.6. The number of fused-ring (bicyclic) bond motifs is 1. The Hall–Kier alpha value is -0.425. The molecule has 0 radical (unpaired) electrons. The Morgan fingerprint density at radius 1 is 1.42 bits per heavy atom. The van der Waals surface area contributed by atoms with Crippen LogP contribution in [0.1, 0.15) is 12.6 Å². The molecule has 1 aliphatic rings. The van der Waals surface area contributed by atoms with E-state index in [9.17, 15) is 19.5 Å². The van der Waals surface area contributed by atoms with Gasteiger partial charge in [0.25, 0.3) is 0 Å². The molecule has 3 N–H and O–H groups in total. The third-order valence-corrected chi connectivity index (χ3v) is 3.76. The Kier molecular flexibility index (Phi) is 7.48. The van der Waals surface area contributed by atoms with Crippen LogP contribution in [0.4, 0.5) is 5.82 Å². The molecular weight excluding hydrogens is 341 g/mol. The van der Waals surface area contributed by atoms with Gasteiger partial charge < -0.3 is 34.5 Å². The molecule has 0 spiro atoms. The fraction of sp³-hybridized carbons (Fsp3) is 0.500. The standard InChI is InChI=1S/C10H14N5O6P.2Li/c11-9-8-10(13-3-12-9)15(4-14-8)7-1-5(16)6(21-7)2-20-22(17,18)19;;/h3-7,16H,1-2H2,(H2,11,12,13)(H2,17,18,19);;/q;2*+1/p-2/t5-,6-,7-;;/m1../s1/i1+1,2+1,3+1,4+1,5+1,6+1,7+1,8+1,9+1,10+1;;. The molecule has 14 heteroatoms. The predicted octanol–water partition coefficient (Wildman–Crippen LogP) is -8.09. The number of aliphatic hydroxyl groups excluding tert-OH is 1. The molecule has 1 aliphatic heterocycles. The zero-order valence-electron chi connectivity index (χ0n) is 13.1. The minimum absolute atomic E-state index is 0. The van der Waals surface area contributed by atoms with Crippen molar-refractivity contribution in [3.63, 3.8) is 0 Å². The molecule has 1 saturated heterocycles. The summed E-state index contributed by atoms with van der Waals surface area (Å²) in [6.07, 6.45) is 0.285. The van der Waals surface area contributed by atoms with Crippen LogP contribution in [0.2, 0.25) is 0 Å². The van der Waals surface area contributed by atoms with Gasteiger partial charge in [-0.05, 0) is 0 Å². The fourth-order valence-electron chi connectivity index (χ4n) is 2.28. The molecule has 120 valence electrons. The van der Waals surface area contributed by atoms with Crippen molar-refractivity contribution in [1.29, 1.82) is 0 Å². The summed E-state index contributed by atoms with van der Waals surface area (Å²) < 4.78 is 21.7. The van der Waals surface area contributed by atoms with E-state index in [1.165, 1.54) is 12.7 Å². The number of rotatable bonds is 4. The summed E-state index contributed by atoms with van der Waals surface area (Å²) in [7, 11) is -5.12. The minimum atomic E-state index is -5.12. The Morgan fingerprint density at radius 2 is 2.12 bits per heavy atom. The van der Waals surface area contributed by atoms with Gasteiger partial charge in [0.2, 0.25) is 0 Å². The van der Waals surface area contributed by atoms with Gasteiger partial charge in [0.05, 0.1) is 26.9 Å². The molecule has 3 atom stereocenters. The van der Waals surface area contributed by atoms with Crippen LogP contribution in [0.25, 0.3) is 11.2 Å². The average molecular weight is 353 g/mol. The van der Waals surface area contributed by atoms with Crippen molar-refractivity contribution >= 4 is 24.8 Å². The third-order valence-electron chi connectivity index (χ3n) is 3.30. The second kappa shape index (κ2) is 8.30. The number of aromatic nitrogens is 4. The van der Waals surface area contributed by atoms with E-state index in [0.29, 0.717) is 11.2 Å². The Labute approximate surface area is 160 Å². The first-order chi connectivity index (χ1) is 10.3. The van der Waals surface area contributed by atoms with Gasteiger partial charge in [-0.2, -0.15) is 0 Å². The number of hydrogen-bond donors (Lipinski definition) is 2. The zero-order chi connectivity index (χ0) is 15.9. The number of phosphoric acid groups is 1. The van der Waals surface area contributed by atoms with Crippen molar-refractivity contribution in [2.45, 2.75) is 24.9 Å². The van der Waals surface area contributed by atoms with Gasteiger partial charge in [-0.1, -0.05) is 0 Å². The van der Waals surface area contributed by atoms with Gasteiger partial charge in [-0.3, -0.25) is 4.57 Å². The molecule has 3 heterocycles. The number of hydrogen-bond acceptors (Lipinski definition) is 10. The number of aliphatic hydroxyl groups is 1. The van der Waals surface area contributed by atoms with Crippen molar-refractivity contribution in [2.75, 3.05) is 12.3 Å². The Bertz CT molecular complexity index is 742. The SMILES string of the molecule is N[13c]1n[13cH]n[13c]2[13c]1n[13cH]n2[13C@H]1[13CH2][13C@@H](O)[13C@@H]([13CH2]OP(=O)([O-])[O-])O1.[Li+].[Li+]. The number of nitrogens with two attached hydrogens (primary N) is 1. The quantitative estimate of drug-likeness (QED) is 0.305. The van der Waals surface area contributed by atoms with Gasteiger partial charge in [-0.25, -0.2) is 15.0 Å². The van der Waals surface area contributed by atoms with Gasteiger partial charge in [0.15, 0.2) is 11.5 Å². The molecule has 2 aromatic heterocycles. The van der Waals surface area contributed by atoms with E-state index in [4.69, 9.17) is 10.5 Å². The molecule has 0 unspecified atom stereocenters. The zero-order valence-corrected chi connectivity index (χ0v) is 14.0. The molecule has 2 aromatic rings. The van der Waals surface area contributed by atoms with Crippen LogP contribution in [0.15, 0.2) is 12.7 Å². The molecular formula is C10H12Li2N5O6P. The molecule has 1 fully saturated rings. The van der Waals surface area contributed by atoms with Crippen LogP contribution in [0.5, 0.6) is 0 Å². The summed E-state index contributed by atoms with van der Waals surface area (Å²) in [5.74, 6) is 0.209. The molecule has 3 rings (SSSR count). The monoisotopic (exact) mass is 353 g/mol. The number of anilines is 1. The van der Waals surface area contributed by atoms with E-state index in [2.05, 4.69) is 19.5 Å². The van der Waals surface area contributed by atoms with Crippen LogP contribution in [-0.2, 0) is 13.8 Å². The van der Waals surface area contributed by atoms with E-state index in [1.54, 1.807) is 4.57 Å². The van der Waals surface area contributed by atoms with Crippen molar-refractivity contribution in [3.8, 4) is 0 Å².